The summed E-state index contributed by atoms with van der Waals surface area (Å²) in [6.45, 7) is 3.42. The van der Waals surface area contributed by atoms with Gasteiger partial charge in [-0.1, -0.05) is 53.3 Å². The highest BCUT2D eigenvalue weighted by molar-refractivity contribution is 9.10. The molecule has 14 heteroatoms. The van der Waals surface area contributed by atoms with Gasteiger partial charge in [-0.2, -0.15) is 18.4 Å². The Balaban J connectivity index is 1.65. The summed E-state index contributed by atoms with van der Waals surface area (Å²) in [6, 6.07) is 16.7. The molecule has 5 rings (SSSR count). The van der Waals surface area contributed by atoms with Crippen molar-refractivity contribution in [2.75, 3.05) is 13.2 Å². The number of carbonyl (C=O) groups excluding carboxylic acids is 1. The van der Waals surface area contributed by atoms with E-state index in [2.05, 4.69) is 27.0 Å². The van der Waals surface area contributed by atoms with Gasteiger partial charge in [0, 0.05) is 10.6 Å². The first kappa shape index (κ1) is 34.0. The monoisotopic (exact) mass is 745 g/mol. The molecule has 1 aromatic heterocycles. The molecule has 2 heterocycles. The molecule has 3 aromatic carbocycles. The number of benzene rings is 3. The minimum Gasteiger partial charge on any atom is -0.490 e. The molecule has 1 aliphatic heterocycles. The van der Waals surface area contributed by atoms with E-state index < -0.39 is 35.0 Å². The second-order valence-electron chi connectivity index (χ2n) is 9.94. The Morgan fingerprint density at radius 1 is 1.13 bits per heavy atom. The fourth-order valence-electron chi connectivity index (χ4n) is 4.93. The Kier molecular flexibility index (Phi) is 10.2. The Labute approximate surface area is 283 Å². The smallest absolute Gasteiger partial charge is 0.434 e. The quantitative estimate of drug-likeness (QED) is 0.179. The van der Waals surface area contributed by atoms with Crippen LogP contribution in [-0.2, 0) is 16.1 Å². The number of allylic oxidation sites excluding steroid dienone is 1. The fraction of sp³-hybridized carbons (Fsp3) is 0.212. The van der Waals surface area contributed by atoms with Gasteiger partial charge in [0.25, 0.3) is 5.56 Å². The Hall–Kier alpha value is -4.38. The van der Waals surface area contributed by atoms with Crippen molar-refractivity contribution in [3.8, 4) is 17.6 Å². The topological polar surface area (TPSA) is 103 Å². The molecule has 0 saturated carbocycles. The minimum absolute atomic E-state index is 0.0558. The summed E-state index contributed by atoms with van der Waals surface area (Å²) >= 11 is 10.3. The Morgan fingerprint density at radius 3 is 2.51 bits per heavy atom. The van der Waals surface area contributed by atoms with Crippen molar-refractivity contribution in [2.45, 2.75) is 32.7 Å². The van der Waals surface area contributed by atoms with Crippen LogP contribution in [0.2, 0.25) is 5.02 Å². The highest BCUT2D eigenvalue weighted by atomic mass is 79.9. The summed E-state index contributed by atoms with van der Waals surface area (Å²) in [6.07, 6.45) is -3.53. The molecule has 8 nitrogen and oxygen atoms in total. The number of fused-ring (bicyclic) bond motifs is 1. The molecule has 0 saturated heterocycles. The molecule has 242 valence electrons. The zero-order chi connectivity index (χ0) is 33.9. The molecule has 0 N–H and O–H groups in total. The van der Waals surface area contributed by atoms with Crippen LogP contribution in [-0.4, -0.2) is 29.9 Å². The minimum atomic E-state index is -5.03. The standard InChI is InChI=1S/C33H24BrClF3N3O5S/c1-3-44-24-14-18(13-23(34)28(24)46-17-21-8-6-5-7-20(21)16-39)15-25-30(42)41-27(19-9-11-22(35)12-10-19)26(31(43)45-4-2)29(33(36,37)38)40-32(41)47-25/h5-15,27H,3-4,17H2,1-2H3/b25-15-/t27-/m1/s1. The lowest BCUT2D eigenvalue weighted by Crippen LogP contribution is -2.41. The molecule has 0 amide bonds. The molecule has 1 aliphatic rings. The average molecular weight is 747 g/mol. The number of halogens is 5. The largest absolute Gasteiger partial charge is 0.490 e. The number of aromatic nitrogens is 1. The normalized spacial score (nSPS) is 14.7. The van der Waals surface area contributed by atoms with Gasteiger partial charge in [-0.3, -0.25) is 9.36 Å². The molecule has 0 fully saturated rings. The van der Waals surface area contributed by atoms with E-state index in [1.807, 2.05) is 0 Å². The molecular formula is C33H24BrClF3N3O5S. The molecule has 0 unspecified atom stereocenters. The summed E-state index contributed by atoms with van der Waals surface area (Å²) in [5, 5.41) is 9.73. The molecule has 47 heavy (non-hydrogen) atoms. The number of thiazole rings is 1. The van der Waals surface area contributed by atoms with Gasteiger partial charge in [-0.15, -0.1) is 0 Å². The Bertz CT molecular complexity index is 2100. The maximum absolute atomic E-state index is 14.4. The Morgan fingerprint density at radius 2 is 1.85 bits per heavy atom. The third-order valence-corrected chi connectivity index (χ3v) is 8.74. The number of carbonyl (C=O) groups is 1. The van der Waals surface area contributed by atoms with E-state index in [0.29, 0.717) is 37.7 Å². The zero-order valence-electron chi connectivity index (χ0n) is 24.7. The molecule has 1 atom stereocenters. The van der Waals surface area contributed by atoms with E-state index in [4.69, 9.17) is 25.8 Å². The summed E-state index contributed by atoms with van der Waals surface area (Å²) in [5.41, 5.74) is -1.09. The molecule has 4 aromatic rings. The van der Waals surface area contributed by atoms with Gasteiger partial charge in [0.1, 0.15) is 6.61 Å². The first-order chi connectivity index (χ1) is 22.5. The maximum Gasteiger partial charge on any atom is 0.434 e. The third kappa shape index (κ3) is 7.15. The van der Waals surface area contributed by atoms with Crippen LogP contribution in [0.25, 0.3) is 6.08 Å². The number of ether oxygens (including phenoxy) is 3. The van der Waals surface area contributed by atoms with Crippen molar-refractivity contribution >= 4 is 50.9 Å². The van der Waals surface area contributed by atoms with Gasteiger partial charge >= 0.3 is 12.1 Å². The van der Waals surface area contributed by atoms with Crippen LogP contribution in [0.1, 0.15) is 42.1 Å². The molecular weight excluding hydrogens is 723 g/mol. The van der Waals surface area contributed by atoms with Crippen molar-refractivity contribution in [3.63, 3.8) is 0 Å². The molecule has 0 aliphatic carbocycles. The van der Waals surface area contributed by atoms with E-state index >= 15 is 0 Å². The summed E-state index contributed by atoms with van der Waals surface area (Å²) < 4.78 is 61.6. The molecule has 0 bridgehead atoms. The number of alkyl halides is 3. The number of esters is 1. The van der Waals surface area contributed by atoms with Gasteiger partial charge in [-0.05, 0) is 77.3 Å². The summed E-state index contributed by atoms with van der Waals surface area (Å²) in [5.74, 6) is -0.552. The summed E-state index contributed by atoms with van der Waals surface area (Å²) in [7, 11) is 0. The first-order valence-electron chi connectivity index (χ1n) is 14.1. The van der Waals surface area contributed by atoms with Crippen molar-refractivity contribution in [3.05, 3.63) is 123 Å². The van der Waals surface area contributed by atoms with Crippen molar-refractivity contribution in [1.82, 2.24) is 4.57 Å². The van der Waals surface area contributed by atoms with E-state index in [1.165, 1.54) is 37.3 Å². The number of nitrogens with zero attached hydrogens (tertiary/aromatic N) is 3. The lowest BCUT2D eigenvalue weighted by molar-refractivity contribution is -0.140. The highest BCUT2D eigenvalue weighted by Gasteiger charge is 2.45. The summed E-state index contributed by atoms with van der Waals surface area (Å²) in [4.78, 5) is 30.5. The lowest BCUT2D eigenvalue weighted by atomic mass is 9.95. The van der Waals surface area contributed by atoms with Crippen LogP contribution >= 0.6 is 38.9 Å². The van der Waals surface area contributed by atoms with Gasteiger partial charge in [0.2, 0.25) is 0 Å². The second kappa shape index (κ2) is 14.2. The van der Waals surface area contributed by atoms with Crippen LogP contribution in [0.3, 0.4) is 0 Å². The second-order valence-corrected chi connectivity index (χ2v) is 12.2. The first-order valence-corrected chi connectivity index (χ1v) is 16.1. The predicted octanol–water partition coefficient (Wildman–Crippen LogP) is 6.61. The number of hydrogen-bond acceptors (Lipinski definition) is 8. The highest BCUT2D eigenvalue weighted by Crippen LogP contribution is 2.39. The van der Waals surface area contributed by atoms with Crippen LogP contribution < -0.4 is 24.4 Å². The third-order valence-electron chi connectivity index (χ3n) is 6.92. The SMILES string of the molecule is CCOC(=O)C1=C(C(F)(F)F)N=c2s/c(=C\c3cc(Br)c(OCc4ccccc4C#N)c(OCC)c3)c(=O)n2[C@@H]1c1ccc(Cl)cc1. The van der Waals surface area contributed by atoms with Gasteiger partial charge < -0.3 is 14.2 Å². The number of nitriles is 1. The van der Waals surface area contributed by atoms with Gasteiger partial charge in [0.15, 0.2) is 22.0 Å². The molecule has 0 spiro atoms. The fourth-order valence-corrected chi connectivity index (χ4v) is 6.63. The zero-order valence-corrected chi connectivity index (χ0v) is 27.9. The predicted molar refractivity (Wildman–Crippen MR) is 173 cm³/mol. The maximum atomic E-state index is 14.4. The van der Waals surface area contributed by atoms with E-state index in [-0.39, 0.29) is 34.7 Å². The lowest BCUT2D eigenvalue weighted by Gasteiger charge is -2.26. The van der Waals surface area contributed by atoms with Crippen LogP contribution in [0.4, 0.5) is 13.2 Å². The van der Waals surface area contributed by atoms with Crippen molar-refractivity contribution < 1.29 is 32.2 Å². The van der Waals surface area contributed by atoms with Gasteiger partial charge in [0.05, 0.1) is 45.5 Å². The van der Waals surface area contributed by atoms with Crippen molar-refractivity contribution in [1.29, 1.82) is 5.26 Å². The van der Waals surface area contributed by atoms with Crippen molar-refractivity contribution in [2.24, 2.45) is 4.99 Å². The number of rotatable bonds is 9. The number of hydrogen-bond donors (Lipinski definition) is 0. The van der Waals surface area contributed by atoms with Crippen LogP contribution in [0.15, 0.2) is 86.2 Å². The van der Waals surface area contributed by atoms with Gasteiger partial charge in [-0.25, -0.2) is 9.79 Å². The van der Waals surface area contributed by atoms with Crippen LogP contribution in [0.5, 0.6) is 11.5 Å². The molecule has 0 radical (unpaired) electrons. The van der Waals surface area contributed by atoms with E-state index in [0.717, 1.165) is 15.9 Å². The van der Waals surface area contributed by atoms with E-state index in [9.17, 15) is 28.0 Å². The average Bonchev–Trinajstić information content (AvgIpc) is 3.34. The van der Waals surface area contributed by atoms with Crippen LogP contribution in [0, 0.1) is 11.3 Å². The van der Waals surface area contributed by atoms with E-state index in [1.54, 1.807) is 43.3 Å².